The number of aromatic amines is 1. The smallest absolute Gasteiger partial charge is 0.262 e. The molecule has 0 unspecified atom stereocenters. The SMILES string of the molecule is O=C(CCCCCn1c(=S)[nH]c2cc3c(cc2c1=O)OCO3)NCCCN1CCOCC1. The molecule has 1 aromatic carbocycles. The second kappa shape index (κ2) is 10.9. The molecule has 0 radical (unpaired) electrons. The van der Waals surface area contributed by atoms with E-state index in [1.807, 2.05) is 0 Å². The van der Waals surface area contributed by atoms with E-state index >= 15 is 0 Å². The summed E-state index contributed by atoms with van der Waals surface area (Å²) in [4.78, 5) is 30.4. The molecule has 32 heavy (non-hydrogen) atoms. The number of benzene rings is 1. The number of hydrogen-bond donors (Lipinski definition) is 2. The van der Waals surface area contributed by atoms with E-state index in [9.17, 15) is 9.59 Å². The Labute approximate surface area is 191 Å². The maximum Gasteiger partial charge on any atom is 0.262 e. The highest BCUT2D eigenvalue weighted by molar-refractivity contribution is 7.71. The van der Waals surface area contributed by atoms with Crippen molar-refractivity contribution < 1.29 is 19.0 Å². The summed E-state index contributed by atoms with van der Waals surface area (Å²) < 4.78 is 18.0. The van der Waals surface area contributed by atoms with Crippen LogP contribution >= 0.6 is 12.2 Å². The third-order valence-corrected chi connectivity index (χ3v) is 6.16. The zero-order chi connectivity index (χ0) is 22.3. The van der Waals surface area contributed by atoms with E-state index in [1.165, 1.54) is 0 Å². The largest absolute Gasteiger partial charge is 0.454 e. The van der Waals surface area contributed by atoms with Crippen molar-refractivity contribution in [3.63, 3.8) is 0 Å². The van der Waals surface area contributed by atoms with Gasteiger partial charge >= 0.3 is 0 Å². The molecule has 2 aliphatic rings. The predicted molar refractivity (Wildman–Crippen MR) is 123 cm³/mol. The summed E-state index contributed by atoms with van der Waals surface area (Å²) in [5, 5.41) is 3.52. The molecule has 0 atom stereocenters. The number of nitrogens with zero attached hydrogens (tertiary/aromatic N) is 2. The number of unbranched alkanes of at least 4 members (excludes halogenated alkanes) is 2. The molecule has 2 aromatic rings. The molecule has 2 N–H and O–H groups in total. The zero-order valence-electron chi connectivity index (χ0n) is 18.2. The maximum atomic E-state index is 12.9. The number of morpholine rings is 1. The summed E-state index contributed by atoms with van der Waals surface area (Å²) in [5.74, 6) is 1.27. The number of aromatic nitrogens is 2. The van der Waals surface area contributed by atoms with E-state index in [1.54, 1.807) is 16.7 Å². The summed E-state index contributed by atoms with van der Waals surface area (Å²) in [6.07, 6.45) is 3.86. The van der Waals surface area contributed by atoms with Crippen LogP contribution in [0, 0.1) is 4.77 Å². The summed E-state index contributed by atoms with van der Waals surface area (Å²) in [5.41, 5.74) is 0.505. The highest BCUT2D eigenvalue weighted by atomic mass is 32.1. The number of nitrogens with one attached hydrogen (secondary N) is 2. The molecule has 9 nitrogen and oxygen atoms in total. The van der Waals surface area contributed by atoms with Gasteiger partial charge in [-0.25, -0.2) is 0 Å². The number of carbonyl (C=O) groups excluding carboxylic acids is 1. The quantitative estimate of drug-likeness (QED) is 0.413. The molecule has 2 aliphatic heterocycles. The molecule has 4 rings (SSSR count). The average Bonchev–Trinajstić information content (AvgIpc) is 3.25. The fourth-order valence-electron chi connectivity index (χ4n) is 4.02. The Morgan fingerprint density at radius 2 is 1.84 bits per heavy atom. The maximum absolute atomic E-state index is 12.9. The zero-order valence-corrected chi connectivity index (χ0v) is 19.0. The standard InChI is InChI=1S/C22H30N4O5S/c27-20(23-6-4-7-25-9-11-29-12-10-25)5-2-1-3-8-26-21(28)16-13-18-19(31-15-30-18)14-17(16)24-22(26)32/h13-14H,1-12,15H2,(H,23,27)(H,24,32). The van der Waals surface area contributed by atoms with Crippen molar-refractivity contribution in [3.05, 3.63) is 27.3 Å². The van der Waals surface area contributed by atoms with Crippen LogP contribution < -0.4 is 20.3 Å². The minimum atomic E-state index is -0.139. The number of fused-ring (bicyclic) bond motifs is 2. The van der Waals surface area contributed by atoms with Gasteiger partial charge in [0.15, 0.2) is 16.3 Å². The van der Waals surface area contributed by atoms with Crippen molar-refractivity contribution >= 4 is 29.0 Å². The van der Waals surface area contributed by atoms with Gasteiger partial charge in [0.25, 0.3) is 5.56 Å². The molecule has 0 aliphatic carbocycles. The lowest BCUT2D eigenvalue weighted by Crippen LogP contribution is -2.38. The number of rotatable bonds is 10. The molecular formula is C22H30N4O5S. The predicted octanol–water partition coefficient (Wildman–Crippen LogP) is 2.19. The fraction of sp³-hybridized carbons (Fsp3) is 0.591. The van der Waals surface area contributed by atoms with E-state index in [0.717, 1.165) is 58.5 Å². The van der Waals surface area contributed by atoms with Crippen molar-refractivity contribution in [2.75, 3.05) is 46.2 Å². The Kier molecular flexibility index (Phi) is 7.77. The highest BCUT2D eigenvalue weighted by Crippen LogP contribution is 2.34. The molecular weight excluding hydrogens is 432 g/mol. The van der Waals surface area contributed by atoms with Crippen molar-refractivity contribution in [2.24, 2.45) is 0 Å². The Bertz CT molecular complexity index is 1060. The summed E-state index contributed by atoms with van der Waals surface area (Å²) in [6, 6.07) is 3.45. The molecule has 0 spiro atoms. The van der Waals surface area contributed by atoms with E-state index in [2.05, 4.69) is 15.2 Å². The van der Waals surface area contributed by atoms with Crippen LogP contribution in [0.25, 0.3) is 10.9 Å². The third kappa shape index (κ3) is 5.67. The number of carbonyl (C=O) groups is 1. The molecule has 1 fully saturated rings. The molecule has 3 heterocycles. The highest BCUT2D eigenvalue weighted by Gasteiger charge is 2.17. The van der Waals surface area contributed by atoms with Crippen LogP contribution in [0.5, 0.6) is 11.5 Å². The van der Waals surface area contributed by atoms with Gasteiger partial charge in [-0.2, -0.15) is 0 Å². The normalized spacial score (nSPS) is 15.9. The van der Waals surface area contributed by atoms with E-state index < -0.39 is 0 Å². The van der Waals surface area contributed by atoms with Crippen LogP contribution in [-0.2, 0) is 16.1 Å². The number of hydrogen-bond acceptors (Lipinski definition) is 7. The van der Waals surface area contributed by atoms with Crippen molar-refractivity contribution in [1.29, 1.82) is 0 Å². The molecule has 1 saturated heterocycles. The van der Waals surface area contributed by atoms with Crippen molar-refractivity contribution in [1.82, 2.24) is 19.8 Å². The molecule has 0 saturated carbocycles. The molecule has 10 heteroatoms. The van der Waals surface area contributed by atoms with Crippen LogP contribution in [0.2, 0.25) is 0 Å². The minimum Gasteiger partial charge on any atom is -0.454 e. The van der Waals surface area contributed by atoms with Gasteiger partial charge in [0, 0.05) is 38.7 Å². The van der Waals surface area contributed by atoms with Crippen LogP contribution in [0.4, 0.5) is 0 Å². The number of ether oxygens (including phenoxy) is 3. The van der Waals surface area contributed by atoms with E-state index in [-0.39, 0.29) is 18.3 Å². The van der Waals surface area contributed by atoms with Gasteiger partial charge in [-0.15, -0.1) is 0 Å². The van der Waals surface area contributed by atoms with E-state index in [0.29, 0.717) is 46.7 Å². The van der Waals surface area contributed by atoms with Crippen LogP contribution in [0.3, 0.4) is 0 Å². The summed E-state index contributed by atoms with van der Waals surface area (Å²) >= 11 is 5.38. The first-order valence-corrected chi connectivity index (χ1v) is 11.7. The first kappa shape index (κ1) is 22.8. The van der Waals surface area contributed by atoms with Gasteiger partial charge in [0.1, 0.15) is 0 Å². The second-order valence-corrected chi connectivity index (χ2v) is 8.49. The molecule has 1 amide bonds. The van der Waals surface area contributed by atoms with Gasteiger partial charge in [0.2, 0.25) is 12.7 Å². The van der Waals surface area contributed by atoms with Gasteiger partial charge < -0.3 is 24.5 Å². The van der Waals surface area contributed by atoms with Crippen molar-refractivity contribution in [3.8, 4) is 11.5 Å². The second-order valence-electron chi connectivity index (χ2n) is 8.11. The minimum absolute atomic E-state index is 0.0863. The molecule has 0 bridgehead atoms. The Morgan fingerprint density at radius 1 is 1.06 bits per heavy atom. The van der Waals surface area contributed by atoms with Gasteiger partial charge in [-0.3, -0.25) is 19.1 Å². The average molecular weight is 463 g/mol. The monoisotopic (exact) mass is 462 g/mol. The van der Waals surface area contributed by atoms with Gasteiger partial charge in [-0.05, 0) is 44.1 Å². The van der Waals surface area contributed by atoms with Crippen LogP contribution in [0.1, 0.15) is 32.1 Å². The number of amides is 1. The first-order chi connectivity index (χ1) is 15.6. The lowest BCUT2D eigenvalue weighted by Gasteiger charge is -2.26. The Balaban J connectivity index is 1.18. The van der Waals surface area contributed by atoms with Gasteiger partial charge in [-0.1, -0.05) is 6.42 Å². The summed E-state index contributed by atoms with van der Waals surface area (Å²) in [6.45, 7) is 5.91. The Morgan fingerprint density at radius 3 is 2.66 bits per heavy atom. The summed E-state index contributed by atoms with van der Waals surface area (Å²) in [7, 11) is 0. The fourth-order valence-corrected chi connectivity index (χ4v) is 4.31. The van der Waals surface area contributed by atoms with Crippen LogP contribution in [-0.4, -0.2) is 66.5 Å². The third-order valence-electron chi connectivity index (χ3n) is 5.84. The van der Waals surface area contributed by atoms with Gasteiger partial charge in [0.05, 0.1) is 24.1 Å². The van der Waals surface area contributed by atoms with Crippen LogP contribution in [0.15, 0.2) is 16.9 Å². The number of H-pyrrole nitrogens is 1. The molecule has 174 valence electrons. The lowest BCUT2D eigenvalue weighted by atomic mass is 10.2. The van der Waals surface area contributed by atoms with Crippen molar-refractivity contribution in [2.45, 2.75) is 38.6 Å². The van der Waals surface area contributed by atoms with E-state index in [4.69, 9.17) is 26.4 Å². The first-order valence-electron chi connectivity index (χ1n) is 11.2. The topological polar surface area (TPSA) is 97.8 Å². The lowest BCUT2D eigenvalue weighted by molar-refractivity contribution is -0.121. The molecule has 1 aromatic heterocycles. The Hall–Kier alpha value is -2.43.